The minimum Gasteiger partial charge on any atom is -0.366 e. The first kappa shape index (κ1) is 27.6. The molecule has 2 N–H and O–H groups in total. The van der Waals surface area contributed by atoms with Gasteiger partial charge in [-0.2, -0.15) is 0 Å². The lowest BCUT2D eigenvalue weighted by atomic mass is 9.88. The monoisotopic (exact) mass is 409 g/mol. The van der Waals surface area contributed by atoms with Gasteiger partial charge in [-0.25, -0.2) is 0 Å². The Hall–Kier alpha value is -2.35. The minimum atomic E-state index is -0.612. The van der Waals surface area contributed by atoms with Crippen molar-refractivity contribution in [3.8, 4) is 0 Å². The predicted octanol–water partition coefficient (Wildman–Crippen LogP) is 8.07. The second-order valence-corrected chi connectivity index (χ2v) is 7.99. The molecular weight excluding hydrogens is 366 g/mol. The fourth-order valence-corrected chi connectivity index (χ4v) is 3.11. The van der Waals surface area contributed by atoms with Gasteiger partial charge in [-0.1, -0.05) is 97.1 Å². The SMILES string of the molecule is C=C(CCCCC/C=C\CCCCCCCC)C(=C)C(=C)C(=C)C(=C)C(=C)C(N)=O. The van der Waals surface area contributed by atoms with E-state index in [1.807, 2.05) is 0 Å². The molecule has 0 aromatic carbocycles. The fraction of sp³-hybridized carbons (Fsp3) is 0.464. The van der Waals surface area contributed by atoms with Crippen LogP contribution in [-0.2, 0) is 4.79 Å². The number of hydrogen-bond donors (Lipinski definition) is 1. The molecule has 0 aliphatic carbocycles. The van der Waals surface area contributed by atoms with Crippen molar-refractivity contribution in [2.24, 2.45) is 5.73 Å². The highest BCUT2D eigenvalue weighted by Crippen LogP contribution is 2.29. The highest BCUT2D eigenvalue weighted by atomic mass is 16.1. The molecular formula is C28H43NO. The smallest absolute Gasteiger partial charge is 0.248 e. The van der Waals surface area contributed by atoms with E-state index in [2.05, 4.69) is 58.5 Å². The zero-order chi connectivity index (χ0) is 22.9. The molecule has 0 heterocycles. The molecule has 0 rings (SSSR count). The second kappa shape index (κ2) is 16.4. The average molecular weight is 410 g/mol. The summed E-state index contributed by atoms with van der Waals surface area (Å²) < 4.78 is 0. The maximum atomic E-state index is 11.3. The molecule has 1 amide bonds. The maximum absolute atomic E-state index is 11.3. The number of nitrogens with two attached hydrogens (primary N) is 1. The molecule has 0 saturated carbocycles. The standard InChI is InChI=1S/C28H43NO/c1-8-9-10-11-12-13-14-15-16-17-18-19-20-21-22(2)23(3)24(4)25(5)26(6)27(7)28(29)30/h15-16H,2-14,17-21H2,1H3,(H2,29,30)/b16-15-. The number of primary amides is 1. The van der Waals surface area contributed by atoms with Crippen LogP contribution in [0.25, 0.3) is 0 Å². The van der Waals surface area contributed by atoms with Crippen molar-refractivity contribution >= 4 is 5.91 Å². The van der Waals surface area contributed by atoms with E-state index in [1.54, 1.807) is 0 Å². The van der Waals surface area contributed by atoms with E-state index >= 15 is 0 Å². The lowest BCUT2D eigenvalue weighted by Crippen LogP contribution is -2.15. The summed E-state index contributed by atoms with van der Waals surface area (Å²) in [6.45, 7) is 25.9. The number of amides is 1. The van der Waals surface area contributed by atoms with E-state index in [0.29, 0.717) is 16.7 Å². The Morgan fingerprint density at radius 3 is 1.60 bits per heavy atom. The lowest BCUT2D eigenvalue weighted by molar-refractivity contribution is -0.114. The first-order chi connectivity index (χ1) is 14.2. The molecule has 30 heavy (non-hydrogen) atoms. The van der Waals surface area contributed by atoms with Gasteiger partial charge in [0.25, 0.3) is 0 Å². The van der Waals surface area contributed by atoms with Crippen LogP contribution < -0.4 is 5.73 Å². The number of carbonyl (C=O) groups is 1. The quantitative estimate of drug-likeness (QED) is 0.0996. The minimum absolute atomic E-state index is 0.143. The maximum Gasteiger partial charge on any atom is 0.248 e. The van der Waals surface area contributed by atoms with Gasteiger partial charge in [-0.3, -0.25) is 4.79 Å². The molecule has 0 unspecified atom stereocenters. The zero-order valence-electron chi connectivity index (χ0n) is 19.4. The topological polar surface area (TPSA) is 43.1 Å². The highest BCUT2D eigenvalue weighted by molar-refractivity contribution is 5.97. The summed E-state index contributed by atoms with van der Waals surface area (Å²) in [6, 6.07) is 0. The Morgan fingerprint density at radius 1 is 0.633 bits per heavy atom. The van der Waals surface area contributed by atoms with Crippen molar-refractivity contribution in [1.82, 2.24) is 0 Å². The van der Waals surface area contributed by atoms with Crippen molar-refractivity contribution in [1.29, 1.82) is 0 Å². The van der Waals surface area contributed by atoms with Gasteiger partial charge < -0.3 is 5.73 Å². The molecule has 2 heteroatoms. The van der Waals surface area contributed by atoms with Gasteiger partial charge in [0.05, 0.1) is 0 Å². The summed E-state index contributed by atoms with van der Waals surface area (Å²) in [5, 5.41) is 0. The van der Waals surface area contributed by atoms with Crippen LogP contribution in [0.2, 0.25) is 0 Å². The Labute approximate surface area is 185 Å². The summed E-state index contributed by atoms with van der Waals surface area (Å²) in [4.78, 5) is 11.3. The summed E-state index contributed by atoms with van der Waals surface area (Å²) in [6.07, 6.45) is 19.4. The largest absolute Gasteiger partial charge is 0.366 e. The highest BCUT2D eigenvalue weighted by Gasteiger charge is 2.15. The van der Waals surface area contributed by atoms with E-state index in [4.69, 9.17) is 5.73 Å². The van der Waals surface area contributed by atoms with Crippen LogP contribution in [0.3, 0.4) is 0 Å². The predicted molar refractivity (Wildman–Crippen MR) is 134 cm³/mol. The molecule has 0 spiro atoms. The molecule has 0 aromatic rings. The molecule has 0 fully saturated rings. The van der Waals surface area contributed by atoms with Crippen molar-refractivity contribution in [2.75, 3.05) is 0 Å². The number of unbranched alkanes of at least 4 members (excludes halogenated alkanes) is 9. The van der Waals surface area contributed by atoms with Gasteiger partial charge in [0, 0.05) is 5.57 Å². The van der Waals surface area contributed by atoms with Crippen LogP contribution in [0.5, 0.6) is 0 Å². The zero-order valence-corrected chi connectivity index (χ0v) is 19.4. The molecule has 0 bridgehead atoms. The summed E-state index contributed by atoms with van der Waals surface area (Å²) >= 11 is 0. The molecule has 0 saturated heterocycles. The summed E-state index contributed by atoms with van der Waals surface area (Å²) in [7, 11) is 0. The van der Waals surface area contributed by atoms with Crippen LogP contribution in [0.4, 0.5) is 0 Å². The van der Waals surface area contributed by atoms with Crippen molar-refractivity contribution < 1.29 is 4.79 Å². The van der Waals surface area contributed by atoms with Gasteiger partial charge in [-0.15, -0.1) is 0 Å². The normalized spacial score (nSPS) is 10.7. The molecule has 0 atom stereocenters. The van der Waals surface area contributed by atoms with E-state index in [-0.39, 0.29) is 5.57 Å². The van der Waals surface area contributed by atoms with Crippen LogP contribution >= 0.6 is 0 Å². The van der Waals surface area contributed by atoms with E-state index < -0.39 is 5.91 Å². The molecule has 0 aliphatic heterocycles. The molecule has 166 valence electrons. The van der Waals surface area contributed by atoms with Crippen molar-refractivity contribution in [2.45, 2.75) is 84.0 Å². The van der Waals surface area contributed by atoms with Crippen LogP contribution in [0, 0.1) is 0 Å². The Kier molecular flexibility index (Phi) is 15.2. The first-order valence-electron chi connectivity index (χ1n) is 11.3. The molecule has 0 aromatic heterocycles. The van der Waals surface area contributed by atoms with Crippen LogP contribution in [0.15, 0.2) is 85.1 Å². The van der Waals surface area contributed by atoms with Gasteiger partial charge in [0.2, 0.25) is 5.91 Å². The van der Waals surface area contributed by atoms with Gasteiger partial charge in [0.1, 0.15) is 0 Å². The van der Waals surface area contributed by atoms with Crippen LogP contribution in [-0.4, -0.2) is 5.91 Å². The van der Waals surface area contributed by atoms with E-state index in [9.17, 15) is 4.79 Å². The van der Waals surface area contributed by atoms with Gasteiger partial charge in [-0.05, 0) is 66.4 Å². The van der Waals surface area contributed by atoms with Gasteiger partial charge >= 0.3 is 0 Å². The summed E-state index contributed by atoms with van der Waals surface area (Å²) in [5.41, 5.74) is 8.64. The number of rotatable bonds is 19. The molecule has 0 radical (unpaired) electrons. The fourth-order valence-electron chi connectivity index (χ4n) is 3.11. The second-order valence-electron chi connectivity index (χ2n) is 7.99. The third-order valence-corrected chi connectivity index (χ3v) is 5.42. The number of carbonyl (C=O) groups excluding carboxylic acids is 1. The Balaban J connectivity index is 3.99. The third kappa shape index (κ3) is 11.6. The lowest BCUT2D eigenvalue weighted by Gasteiger charge is -2.16. The molecule has 2 nitrogen and oxygen atoms in total. The van der Waals surface area contributed by atoms with Gasteiger partial charge in [0.15, 0.2) is 0 Å². The van der Waals surface area contributed by atoms with E-state index in [1.165, 1.54) is 51.4 Å². The Morgan fingerprint density at radius 2 is 1.07 bits per heavy atom. The number of hydrogen-bond acceptors (Lipinski definition) is 1. The van der Waals surface area contributed by atoms with Crippen LogP contribution in [0.1, 0.15) is 84.0 Å². The number of allylic oxidation sites excluding steroid dienone is 6. The van der Waals surface area contributed by atoms with E-state index in [0.717, 1.165) is 36.8 Å². The molecule has 0 aliphatic rings. The third-order valence-electron chi connectivity index (χ3n) is 5.42. The van der Waals surface area contributed by atoms with Crippen molar-refractivity contribution in [3.63, 3.8) is 0 Å². The summed E-state index contributed by atoms with van der Waals surface area (Å²) in [5.74, 6) is -0.612. The van der Waals surface area contributed by atoms with Crippen molar-refractivity contribution in [3.05, 3.63) is 85.1 Å². The first-order valence-corrected chi connectivity index (χ1v) is 11.3. The average Bonchev–Trinajstić information content (AvgIpc) is 2.73. The Bertz CT molecular complexity index is 675.